The molecule has 0 aromatic heterocycles. The third-order valence-electron chi connectivity index (χ3n) is 4.04. The molecule has 0 radical (unpaired) electrons. The van der Waals surface area contributed by atoms with Crippen molar-refractivity contribution < 1.29 is 19.1 Å². The predicted molar refractivity (Wildman–Crippen MR) is 68.4 cm³/mol. The van der Waals surface area contributed by atoms with Crippen LogP contribution in [-0.4, -0.2) is 67.8 Å². The lowest BCUT2D eigenvalue weighted by Crippen LogP contribution is -2.47. The van der Waals surface area contributed by atoms with E-state index in [2.05, 4.69) is 9.80 Å². The van der Waals surface area contributed by atoms with Gasteiger partial charge in [0, 0.05) is 13.1 Å². The van der Waals surface area contributed by atoms with Gasteiger partial charge in [0.05, 0.1) is 20.9 Å². The summed E-state index contributed by atoms with van der Waals surface area (Å²) in [5, 5.41) is 0. The van der Waals surface area contributed by atoms with Crippen LogP contribution in [0.1, 0.15) is 25.7 Å². The summed E-state index contributed by atoms with van der Waals surface area (Å²) in [4.78, 5) is 27.6. The monoisotopic (exact) mass is 270 g/mol. The summed E-state index contributed by atoms with van der Waals surface area (Å²) < 4.78 is 9.67. The fraction of sp³-hybridized carbons (Fsp3) is 0.846. The molecule has 0 unspecified atom stereocenters. The van der Waals surface area contributed by atoms with Crippen molar-refractivity contribution in [3.8, 4) is 0 Å². The van der Waals surface area contributed by atoms with Crippen molar-refractivity contribution in [2.75, 3.05) is 34.0 Å². The minimum atomic E-state index is -0.175. The van der Waals surface area contributed by atoms with E-state index in [1.54, 1.807) is 0 Å². The summed E-state index contributed by atoms with van der Waals surface area (Å²) in [5.41, 5.74) is 0. The Labute approximate surface area is 113 Å². The Kier molecular flexibility index (Phi) is 4.76. The molecule has 2 atom stereocenters. The topological polar surface area (TPSA) is 59.1 Å². The molecule has 0 aliphatic carbocycles. The van der Waals surface area contributed by atoms with Gasteiger partial charge in [0.25, 0.3) is 0 Å². The van der Waals surface area contributed by atoms with Crippen LogP contribution in [0, 0.1) is 0 Å². The smallest absolute Gasteiger partial charge is 0.323 e. The van der Waals surface area contributed by atoms with E-state index in [4.69, 9.17) is 9.47 Å². The molecule has 6 heteroatoms. The molecule has 6 nitrogen and oxygen atoms in total. The van der Waals surface area contributed by atoms with Crippen molar-refractivity contribution in [1.82, 2.24) is 9.80 Å². The third-order valence-corrected chi connectivity index (χ3v) is 4.04. The summed E-state index contributed by atoms with van der Waals surface area (Å²) in [6, 6.07) is -0.326. The lowest BCUT2D eigenvalue weighted by molar-refractivity contribution is -0.148. The van der Waals surface area contributed by atoms with Gasteiger partial charge in [-0.25, -0.2) is 0 Å². The van der Waals surface area contributed by atoms with Gasteiger partial charge in [0.1, 0.15) is 12.1 Å². The maximum atomic E-state index is 11.7. The lowest BCUT2D eigenvalue weighted by Gasteiger charge is -2.30. The normalized spacial score (nSPS) is 28.5. The second-order valence-electron chi connectivity index (χ2n) is 5.13. The zero-order valence-electron chi connectivity index (χ0n) is 11.6. The van der Waals surface area contributed by atoms with Crippen LogP contribution in [0.4, 0.5) is 0 Å². The van der Waals surface area contributed by atoms with E-state index < -0.39 is 0 Å². The first-order chi connectivity index (χ1) is 9.17. The Morgan fingerprint density at radius 2 is 1.37 bits per heavy atom. The molecule has 2 heterocycles. The standard InChI is InChI=1S/C13H22N2O4/c1-18-12(16)10-5-3-7-14(10)9-15-8-4-6-11(15)13(17)19-2/h10-11H,3-9H2,1-2H3/t10-,11-/m1/s1. The molecule has 0 bridgehead atoms. The van der Waals surface area contributed by atoms with Crippen LogP contribution in [0.5, 0.6) is 0 Å². The Hall–Kier alpha value is -1.14. The molecule has 2 saturated heterocycles. The summed E-state index contributed by atoms with van der Waals surface area (Å²) in [5.74, 6) is -0.349. The average Bonchev–Trinajstić information content (AvgIpc) is 3.06. The van der Waals surface area contributed by atoms with Crippen molar-refractivity contribution in [1.29, 1.82) is 0 Å². The molecule has 0 N–H and O–H groups in total. The summed E-state index contributed by atoms with van der Waals surface area (Å²) in [7, 11) is 2.85. The van der Waals surface area contributed by atoms with Crippen LogP contribution in [0.2, 0.25) is 0 Å². The first-order valence-electron chi connectivity index (χ1n) is 6.81. The quantitative estimate of drug-likeness (QED) is 0.681. The molecular formula is C13H22N2O4. The van der Waals surface area contributed by atoms with Crippen LogP contribution in [0.15, 0.2) is 0 Å². The molecule has 2 aliphatic rings. The van der Waals surface area contributed by atoms with Gasteiger partial charge in [-0.3, -0.25) is 19.4 Å². The van der Waals surface area contributed by atoms with E-state index in [0.29, 0.717) is 6.67 Å². The number of esters is 2. The van der Waals surface area contributed by atoms with E-state index in [1.165, 1.54) is 14.2 Å². The number of carbonyl (C=O) groups is 2. The van der Waals surface area contributed by atoms with Crippen molar-refractivity contribution >= 4 is 11.9 Å². The van der Waals surface area contributed by atoms with Crippen molar-refractivity contribution in [3.63, 3.8) is 0 Å². The number of likely N-dealkylation sites (tertiary alicyclic amines) is 2. The number of carbonyl (C=O) groups excluding carboxylic acids is 2. The zero-order valence-corrected chi connectivity index (χ0v) is 11.6. The Morgan fingerprint density at radius 3 is 1.74 bits per heavy atom. The molecule has 0 amide bonds. The highest BCUT2D eigenvalue weighted by Crippen LogP contribution is 2.23. The Morgan fingerprint density at radius 1 is 0.947 bits per heavy atom. The fourth-order valence-corrected chi connectivity index (χ4v) is 3.03. The highest BCUT2D eigenvalue weighted by atomic mass is 16.5. The second-order valence-corrected chi connectivity index (χ2v) is 5.13. The SMILES string of the molecule is COC(=O)[C@H]1CCCN1CN1CCC[C@@H]1C(=O)OC. The number of ether oxygens (including phenoxy) is 2. The van der Waals surface area contributed by atoms with E-state index in [1.807, 2.05) is 0 Å². The van der Waals surface area contributed by atoms with E-state index >= 15 is 0 Å². The molecule has 0 spiro atoms. The number of hydrogen-bond acceptors (Lipinski definition) is 6. The van der Waals surface area contributed by atoms with Crippen LogP contribution in [0.3, 0.4) is 0 Å². The zero-order chi connectivity index (χ0) is 13.8. The van der Waals surface area contributed by atoms with Gasteiger partial charge >= 0.3 is 11.9 Å². The first-order valence-corrected chi connectivity index (χ1v) is 6.81. The summed E-state index contributed by atoms with van der Waals surface area (Å²) in [6.07, 6.45) is 3.67. The molecule has 0 aromatic carbocycles. The van der Waals surface area contributed by atoms with Gasteiger partial charge in [-0.15, -0.1) is 0 Å². The van der Waals surface area contributed by atoms with Gasteiger partial charge in [-0.2, -0.15) is 0 Å². The molecule has 108 valence electrons. The van der Waals surface area contributed by atoms with Crippen molar-refractivity contribution in [3.05, 3.63) is 0 Å². The van der Waals surface area contributed by atoms with Gasteiger partial charge in [0.15, 0.2) is 0 Å². The molecule has 2 fully saturated rings. The lowest BCUT2D eigenvalue weighted by atomic mass is 10.2. The highest BCUT2D eigenvalue weighted by Gasteiger charge is 2.37. The maximum Gasteiger partial charge on any atom is 0.323 e. The molecule has 0 aromatic rings. The predicted octanol–water partition coefficient (Wildman–Crippen LogP) is 0.219. The highest BCUT2D eigenvalue weighted by molar-refractivity contribution is 5.76. The Bertz CT molecular complexity index is 316. The number of rotatable bonds is 4. The first kappa shape index (κ1) is 14.3. The van der Waals surface area contributed by atoms with Crippen molar-refractivity contribution in [2.45, 2.75) is 37.8 Å². The van der Waals surface area contributed by atoms with E-state index in [-0.39, 0.29) is 24.0 Å². The molecule has 19 heavy (non-hydrogen) atoms. The number of methoxy groups -OCH3 is 2. The molecule has 2 aliphatic heterocycles. The van der Waals surface area contributed by atoms with Crippen molar-refractivity contribution in [2.24, 2.45) is 0 Å². The summed E-state index contributed by atoms with van der Waals surface area (Å²) >= 11 is 0. The van der Waals surface area contributed by atoms with Crippen LogP contribution in [-0.2, 0) is 19.1 Å². The van der Waals surface area contributed by atoms with E-state index in [0.717, 1.165) is 38.8 Å². The van der Waals surface area contributed by atoms with E-state index in [9.17, 15) is 9.59 Å². The third kappa shape index (κ3) is 3.06. The molecule has 0 saturated carbocycles. The van der Waals surface area contributed by atoms with Crippen LogP contribution in [0.25, 0.3) is 0 Å². The largest absolute Gasteiger partial charge is 0.468 e. The van der Waals surface area contributed by atoms with Gasteiger partial charge in [0.2, 0.25) is 0 Å². The van der Waals surface area contributed by atoms with Gasteiger partial charge in [-0.05, 0) is 25.7 Å². The molecule has 2 rings (SSSR count). The second kappa shape index (κ2) is 6.34. The van der Waals surface area contributed by atoms with Gasteiger partial charge < -0.3 is 9.47 Å². The van der Waals surface area contributed by atoms with Crippen LogP contribution < -0.4 is 0 Å². The summed E-state index contributed by atoms with van der Waals surface area (Å²) in [6.45, 7) is 2.40. The maximum absolute atomic E-state index is 11.7. The number of hydrogen-bond donors (Lipinski definition) is 0. The minimum Gasteiger partial charge on any atom is -0.468 e. The fourth-order valence-electron chi connectivity index (χ4n) is 3.03. The van der Waals surface area contributed by atoms with Gasteiger partial charge in [-0.1, -0.05) is 0 Å². The van der Waals surface area contributed by atoms with Crippen LogP contribution >= 0.6 is 0 Å². The average molecular weight is 270 g/mol. The molecular weight excluding hydrogens is 248 g/mol. The minimum absolute atomic E-state index is 0.163. The number of nitrogens with zero attached hydrogens (tertiary/aromatic N) is 2. The Balaban J connectivity index is 1.96.